The maximum Gasteiger partial charge on any atom is 0.318 e. The van der Waals surface area contributed by atoms with Gasteiger partial charge in [0.05, 0.1) is 11.0 Å². The Labute approximate surface area is 152 Å². The van der Waals surface area contributed by atoms with E-state index >= 15 is 0 Å². The van der Waals surface area contributed by atoms with E-state index in [1.807, 2.05) is 54.6 Å². The Bertz CT molecular complexity index is 933. The molecule has 130 valence electrons. The van der Waals surface area contributed by atoms with Crippen LogP contribution in [0, 0.1) is 5.41 Å². The molecule has 0 N–H and O–H groups in total. The van der Waals surface area contributed by atoms with Gasteiger partial charge in [0.25, 0.3) is 0 Å². The van der Waals surface area contributed by atoms with Gasteiger partial charge in [0.1, 0.15) is 5.76 Å². The van der Waals surface area contributed by atoms with Gasteiger partial charge in [-0.2, -0.15) is 0 Å². The van der Waals surface area contributed by atoms with Crippen molar-refractivity contribution in [2.45, 2.75) is 38.0 Å². The van der Waals surface area contributed by atoms with Crippen molar-refractivity contribution in [1.82, 2.24) is 0 Å². The molecule has 26 heavy (non-hydrogen) atoms. The van der Waals surface area contributed by atoms with Crippen molar-refractivity contribution in [3.05, 3.63) is 76.9 Å². The molecule has 3 nitrogen and oxygen atoms in total. The first-order chi connectivity index (χ1) is 12.7. The second-order valence-corrected chi connectivity index (χ2v) is 7.57. The molecule has 5 rings (SSSR count). The number of hydrogen-bond donors (Lipinski definition) is 0. The zero-order valence-corrected chi connectivity index (χ0v) is 14.5. The molecule has 3 heteroatoms. The van der Waals surface area contributed by atoms with Crippen molar-refractivity contribution < 1.29 is 14.3 Å². The molecule has 1 fully saturated rings. The maximum absolute atomic E-state index is 13.3. The fourth-order valence-corrected chi connectivity index (χ4v) is 5.04. The first-order valence-electron chi connectivity index (χ1n) is 9.38. The SMILES string of the molecule is O=C1C2=C(OC(=O)C3(CCCCC3)C2c2ccccc2)c2ccccc21. The average molecular weight is 344 g/mol. The second-order valence-electron chi connectivity index (χ2n) is 7.57. The van der Waals surface area contributed by atoms with Crippen molar-refractivity contribution in [2.75, 3.05) is 0 Å². The summed E-state index contributed by atoms with van der Waals surface area (Å²) in [7, 11) is 0. The van der Waals surface area contributed by atoms with Crippen LogP contribution in [0.3, 0.4) is 0 Å². The number of ether oxygens (including phenoxy) is 1. The van der Waals surface area contributed by atoms with Crippen LogP contribution < -0.4 is 0 Å². The van der Waals surface area contributed by atoms with Crippen LogP contribution in [0.15, 0.2) is 60.2 Å². The molecule has 0 bridgehead atoms. The molecule has 0 aromatic heterocycles. The third-order valence-electron chi connectivity index (χ3n) is 6.23. The minimum Gasteiger partial charge on any atom is -0.425 e. The monoisotopic (exact) mass is 344 g/mol. The molecule has 1 unspecified atom stereocenters. The molecule has 1 saturated carbocycles. The molecular formula is C23H20O3. The Morgan fingerprint density at radius 3 is 2.19 bits per heavy atom. The van der Waals surface area contributed by atoms with Crippen molar-refractivity contribution >= 4 is 17.5 Å². The van der Waals surface area contributed by atoms with Gasteiger partial charge in [0.2, 0.25) is 0 Å². The van der Waals surface area contributed by atoms with Gasteiger partial charge in [-0.15, -0.1) is 0 Å². The molecule has 1 atom stereocenters. The van der Waals surface area contributed by atoms with Crippen LogP contribution in [-0.2, 0) is 9.53 Å². The van der Waals surface area contributed by atoms with Gasteiger partial charge in [-0.05, 0) is 18.4 Å². The number of fused-ring (bicyclic) bond motifs is 2. The molecule has 0 radical (unpaired) electrons. The summed E-state index contributed by atoms with van der Waals surface area (Å²) in [5.74, 6) is 0.122. The van der Waals surface area contributed by atoms with Crippen LogP contribution in [0.2, 0.25) is 0 Å². The van der Waals surface area contributed by atoms with Gasteiger partial charge < -0.3 is 4.74 Å². The number of rotatable bonds is 1. The van der Waals surface area contributed by atoms with E-state index in [2.05, 4.69) is 0 Å². The lowest BCUT2D eigenvalue weighted by atomic mass is 9.60. The number of benzene rings is 2. The van der Waals surface area contributed by atoms with Gasteiger partial charge >= 0.3 is 5.97 Å². The minimum atomic E-state index is -0.615. The number of ketones is 1. The van der Waals surface area contributed by atoms with Gasteiger partial charge in [0, 0.05) is 17.0 Å². The number of carbonyl (C=O) groups excluding carboxylic acids is 2. The van der Waals surface area contributed by atoms with E-state index in [4.69, 9.17) is 4.74 Å². The quantitative estimate of drug-likeness (QED) is 0.692. The predicted molar refractivity (Wildman–Crippen MR) is 98.5 cm³/mol. The molecule has 0 amide bonds. The number of allylic oxidation sites excluding steroid dienone is 1. The standard InChI is InChI=1S/C23H20O3/c24-20-16-11-5-6-12-17(16)21-18(20)19(15-9-3-1-4-10-15)23(22(25)26-21)13-7-2-8-14-23/h1,3-6,9-12,19H,2,7-8,13-14H2. The highest BCUT2D eigenvalue weighted by Gasteiger charge is 2.56. The van der Waals surface area contributed by atoms with Crippen LogP contribution in [0.25, 0.3) is 5.76 Å². The summed E-state index contributed by atoms with van der Waals surface area (Å²) in [5.41, 5.74) is 2.51. The highest BCUT2D eigenvalue weighted by molar-refractivity contribution is 6.22. The topological polar surface area (TPSA) is 43.4 Å². The number of Topliss-reactive ketones (excluding diaryl/α,β-unsaturated/α-hetero) is 1. The molecule has 2 aromatic rings. The Balaban J connectivity index is 1.76. The van der Waals surface area contributed by atoms with E-state index in [9.17, 15) is 9.59 Å². The van der Waals surface area contributed by atoms with Crippen molar-refractivity contribution in [3.63, 3.8) is 0 Å². The van der Waals surface area contributed by atoms with Crippen LogP contribution in [-0.4, -0.2) is 11.8 Å². The van der Waals surface area contributed by atoms with E-state index in [0.717, 1.165) is 43.2 Å². The van der Waals surface area contributed by atoms with Crippen molar-refractivity contribution in [2.24, 2.45) is 5.41 Å². The zero-order valence-electron chi connectivity index (χ0n) is 14.5. The summed E-state index contributed by atoms with van der Waals surface area (Å²) >= 11 is 0. The predicted octanol–water partition coefficient (Wildman–Crippen LogP) is 4.89. The fourth-order valence-electron chi connectivity index (χ4n) is 5.04. The van der Waals surface area contributed by atoms with Crippen LogP contribution in [0.4, 0.5) is 0 Å². The maximum atomic E-state index is 13.3. The summed E-state index contributed by atoms with van der Waals surface area (Å²) in [6, 6.07) is 17.5. The Hall–Kier alpha value is -2.68. The third-order valence-corrected chi connectivity index (χ3v) is 6.23. The average Bonchev–Trinajstić information content (AvgIpc) is 2.96. The van der Waals surface area contributed by atoms with E-state index in [-0.39, 0.29) is 17.7 Å². The highest BCUT2D eigenvalue weighted by atomic mass is 16.5. The van der Waals surface area contributed by atoms with E-state index < -0.39 is 5.41 Å². The highest BCUT2D eigenvalue weighted by Crippen LogP contribution is 2.58. The Kier molecular flexibility index (Phi) is 3.39. The summed E-state index contributed by atoms with van der Waals surface area (Å²) in [4.78, 5) is 26.5. The summed E-state index contributed by atoms with van der Waals surface area (Å²) in [6.45, 7) is 0. The van der Waals surface area contributed by atoms with Gasteiger partial charge in [0.15, 0.2) is 5.78 Å². The van der Waals surface area contributed by atoms with Crippen molar-refractivity contribution in [1.29, 1.82) is 0 Å². The summed E-state index contributed by atoms with van der Waals surface area (Å²) in [6.07, 6.45) is 4.71. The van der Waals surface area contributed by atoms with Gasteiger partial charge in [-0.3, -0.25) is 9.59 Å². The third kappa shape index (κ3) is 2.00. The largest absolute Gasteiger partial charge is 0.425 e. The molecule has 2 aliphatic carbocycles. The van der Waals surface area contributed by atoms with Crippen LogP contribution in [0.5, 0.6) is 0 Å². The van der Waals surface area contributed by atoms with E-state index in [0.29, 0.717) is 16.9 Å². The van der Waals surface area contributed by atoms with E-state index in [1.165, 1.54) is 0 Å². The fraction of sp³-hybridized carbons (Fsp3) is 0.304. The summed E-state index contributed by atoms with van der Waals surface area (Å²) < 4.78 is 5.87. The number of hydrogen-bond acceptors (Lipinski definition) is 3. The molecule has 3 aliphatic rings. The molecule has 0 saturated heterocycles. The lowest BCUT2D eigenvalue weighted by Gasteiger charge is -2.44. The van der Waals surface area contributed by atoms with E-state index in [1.54, 1.807) is 0 Å². The van der Waals surface area contributed by atoms with Gasteiger partial charge in [-0.1, -0.05) is 73.9 Å². The Morgan fingerprint density at radius 2 is 1.46 bits per heavy atom. The molecular weight excluding hydrogens is 324 g/mol. The van der Waals surface area contributed by atoms with Crippen LogP contribution in [0.1, 0.15) is 59.5 Å². The van der Waals surface area contributed by atoms with Gasteiger partial charge in [-0.25, -0.2) is 0 Å². The van der Waals surface area contributed by atoms with Crippen molar-refractivity contribution in [3.8, 4) is 0 Å². The lowest BCUT2D eigenvalue weighted by Crippen LogP contribution is -2.44. The normalized spacial score (nSPS) is 23.6. The first kappa shape index (κ1) is 15.6. The lowest BCUT2D eigenvalue weighted by molar-refractivity contribution is -0.153. The number of esters is 1. The first-order valence-corrected chi connectivity index (χ1v) is 9.38. The smallest absolute Gasteiger partial charge is 0.318 e. The molecule has 1 heterocycles. The molecule has 1 spiro atoms. The second kappa shape index (κ2) is 5.66. The Morgan fingerprint density at radius 1 is 0.808 bits per heavy atom. The van der Waals surface area contributed by atoms with Crippen LogP contribution >= 0.6 is 0 Å². The summed E-state index contributed by atoms with van der Waals surface area (Å²) in [5, 5.41) is 0. The zero-order chi connectivity index (χ0) is 17.7. The molecule has 1 aliphatic heterocycles. The minimum absolute atomic E-state index is 0.0156. The molecule has 2 aromatic carbocycles. The number of carbonyl (C=O) groups is 2.